The highest BCUT2D eigenvalue weighted by Crippen LogP contribution is 2.33. The molecular weight excluding hydrogens is 210 g/mol. The summed E-state index contributed by atoms with van der Waals surface area (Å²) < 4.78 is 1.98. The summed E-state index contributed by atoms with van der Waals surface area (Å²) in [7, 11) is 0. The summed E-state index contributed by atoms with van der Waals surface area (Å²) in [5.74, 6) is 0.705. The Bertz CT molecular complexity index is 327. The molecule has 1 aromatic heterocycles. The van der Waals surface area contributed by atoms with Crippen molar-refractivity contribution in [3.8, 4) is 0 Å². The van der Waals surface area contributed by atoms with Crippen LogP contribution in [0.4, 0.5) is 0 Å². The molecule has 0 saturated heterocycles. The van der Waals surface area contributed by atoms with Crippen LogP contribution in [-0.4, -0.2) is 16.3 Å². The van der Waals surface area contributed by atoms with E-state index in [-0.39, 0.29) is 0 Å². The van der Waals surface area contributed by atoms with Crippen LogP contribution in [0.3, 0.4) is 0 Å². The highest BCUT2D eigenvalue weighted by molar-refractivity contribution is 6.30. The van der Waals surface area contributed by atoms with Crippen LogP contribution >= 0.6 is 11.6 Å². The Hall–Kier alpha value is -0.540. The van der Waals surface area contributed by atoms with Crippen molar-refractivity contribution in [3.63, 3.8) is 0 Å². The van der Waals surface area contributed by atoms with Crippen molar-refractivity contribution in [2.24, 2.45) is 11.7 Å². The normalized spacial score (nSPS) is 26.9. The fourth-order valence-electron chi connectivity index (χ4n) is 2.31. The van der Waals surface area contributed by atoms with Gasteiger partial charge in [0.1, 0.15) is 5.15 Å². The minimum Gasteiger partial charge on any atom is -0.330 e. The lowest BCUT2D eigenvalue weighted by Gasteiger charge is -2.28. The fourth-order valence-corrected chi connectivity index (χ4v) is 2.54. The summed E-state index contributed by atoms with van der Waals surface area (Å²) in [5, 5.41) is 5.14. The first-order valence-electron chi connectivity index (χ1n) is 5.62. The van der Waals surface area contributed by atoms with E-state index in [0.29, 0.717) is 12.0 Å². The van der Waals surface area contributed by atoms with E-state index in [4.69, 9.17) is 17.3 Å². The van der Waals surface area contributed by atoms with Gasteiger partial charge in [-0.2, -0.15) is 5.10 Å². The van der Waals surface area contributed by atoms with Gasteiger partial charge in [0.05, 0.1) is 12.2 Å². The summed E-state index contributed by atoms with van der Waals surface area (Å²) >= 11 is 6.19. The van der Waals surface area contributed by atoms with Gasteiger partial charge >= 0.3 is 0 Å². The van der Waals surface area contributed by atoms with Gasteiger partial charge in [0, 0.05) is 5.56 Å². The minimum absolute atomic E-state index is 0.481. The van der Waals surface area contributed by atoms with Crippen molar-refractivity contribution in [2.45, 2.75) is 38.6 Å². The number of nitrogens with two attached hydrogens (primary N) is 1. The van der Waals surface area contributed by atoms with Gasteiger partial charge in [-0.25, -0.2) is 0 Å². The van der Waals surface area contributed by atoms with E-state index in [1.165, 1.54) is 12.8 Å². The Morgan fingerprint density at radius 2 is 2.13 bits per heavy atom. The van der Waals surface area contributed by atoms with E-state index < -0.39 is 0 Å². The van der Waals surface area contributed by atoms with Crippen LogP contribution in [0, 0.1) is 12.8 Å². The Balaban J connectivity index is 2.04. The number of rotatable bonds is 2. The van der Waals surface area contributed by atoms with Crippen molar-refractivity contribution < 1.29 is 0 Å². The van der Waals surface area contributed by atoms with E-state index in [1.807, 2.05) is 17.8 Å². The summed E-state index contributed by atoms with van der Waals surface area (Å²) in [5.41, 5.74) is 6.74. The maximum atomic E-state index is 6.19. The number of nitrogens with zero attached hydrogens (tertiary/aromatic N) is 2. The van der Waals surface area contributed by atoms with Crippen LogP contribution in [0.15, 0.2) is 6.20 Å². The zero-order chi connectivity index (χ0) is 10.8. The monoisotopic (exact) mass is 227 g/mol. The van der Waals surface area contributed by atoms with Crippen LogP contribution < -0.4 is 5.73 Å². The number of hydrogen-bond donors (Lipinski definition) is 1. The smallest absolute Gasteiger partial charge is 0.130 e. The molecule has 0 aromatic carbocycles. The van der Waals surface area contributed by atoms with Crippen molar-refractivity contribution in [1.29, 1.82) is 0 Å². The molecule has 3 nitrogen and oxygen atoms in total. The lowest BCUT2D eigenvalue weighted by Crippen LogP contribution is -2.23. The molecule has 4 heteroatoms. The first-order valence-corrected chi connectivity index (χ1v) is 6.00. The third kappa shape index (κ3) is 2.18. The molecule has 1 heterocycles. The number of aromatic nitrogens is 2. The molecule has 2 N–H and O–H groups in total. The van der Waals surface area contributed by atoms with Crippen molar-refractivity contribution >= 4 is 11.6 Å². The second-order valence-electron chi connectivity index (χ2n) is 4.47. The highest BCUT2D eigenvalue weighted by Gasteiger charge is 2.23. The summed E-state index contributed by atoms with van der Waals surface area (Å²) in [6, 6.07) is 0.481. The van der Waals surface area contributed by atoms with E-state index in [0.717, 1.165) is 30.1 Å². The van der Waals surface area contributed by atoms with Crippen LogP contribution in [-0.2, 0) is 0 Å². The fraction of sp³-hybridized carbons (Fsp3) is 0.727. The molecule has 2 rings (SSSR count). The van der Waals surface area contributed by atoms with Gasteiger partial charge in [-0.05, 0) is 45.1 Å². The van der Waals surface area contributed by atoms with Gasteiger partial charge in [-0.15, -0.1) is 0 Å². The molecule has 0 spiro atoms. The standard InChI is InChI=1S/C11H18ClN3/c1-8-7-14-15(11(8)12)10-4-2-9(6-13)3-5-10/h7,9-10H,2-6,13H2,1H3. The van der Waals surface area contributed by atoms with Gasteiger partial charge in [0.2, 0.25) is 0 Å². The number of halogens is 1. The van der Waals surface area contributed by atoms with Crippen molar-refractivity contribution in [1.82, 2.24) is 9.78 Å². The van der Waals surface area contributed by atoms with Gasteiger partial charge in [0.25, 0.3) is 0 Å². The first kappa shape index (κ1) is 11.0. The van der Waals surface area contributed by atoms with Gasteiger partial charge < -0.3 is 5.73 Å². The number of aryl methyl sites for hydroxylation is 1. The molecule has 1 fully saturated rings. The Labute approximate surface area is 95.6 Å². The molecule has 0 atom stereocenters. The second-order valence-corrected chi connectivity index (χ2v) is 4.83. The third-order valence-corrected chi connectivity index (χ3v) is 3.87. The second kappa shape index (κ2) is 4.54. The molecule has 84 valence electrons. The van der Waals surface area contributed by atoms with Gasteiger partial charge in [0.15, 0.2) is 0 Å². The molecule has 0 bridgehead atoms. The largest absolute Gasteiger partial charge is 0.330 e. The molecule has 0 amide bonds. The van der Waals surface area contributed by atoms with Gasteiger partial charge in [-0.3, -0.25) is 4.68 Å². The predicted octanol–water partition coefficient (Wildman–Crippen LogP) is 2.53. The molecule has 1 saturated carbocycles. The average molecular weight is 228 g/mol. The van der Waals surface area contributed by atoms with E-state index in [9.17, 15) is 0 Å². The van der Waals surface area contributed by atoms with Crippen LogP contribution in [0.5, 0.6) is 0 Å². The van der Waals surface area contributed by atoms with Gasteiger partial charge in [-0.1, -0.05) is 11.6 Å². The highest BCUT2D eigenvalue weighted by atomic mass is 35.5. The maximum absolute atomic E-state index is 6.19. The third-order valence-electron chi connectivity index (χ3n) is 3.40. The molecule has 0 radical (unpaired) electrons. The lowest BCUT2D eigenvalue weighted by molar-refractivity contribution is 0.265. The molecule has 1 aliphatic carbocycles. The average Bonchev–Trinajstić information content (AvgIpc) is 2.60. The SMILES string of the molecule is Cc1cnn(C2CCC(CN)CC2)c1Cl. The Morgan fingerprint density at radius 3 is 2.60 bits per heavy atom. The predicted molar refractivity (Wildman–Crippen MR) is 62.0 cm³/mol. The van der Waals surface area contributed by atoms with Crippen LogP contribution in [0.2, 0.25) is 5.15 Å². The number of hydrogen-bond acceptors (Lipinski definition) is 2. The van der Waals surface area contributed by atoms with Crippen molar-refractivity contribution in [2.75, 3.05) is 6.54 Å². The zero-order valence-corrected chi connectivity index (χ0v) is 9.87. The Kier molecular flexibility index (Phi) is 3.32. The minimum atomic E-state index is 0.481. The van der Waals surface area contributed by atoms with Crippen LogP contribution in [0.1, 0.15) is 37.3 Å². The summed E-state index contributed by atoms with van der Waals surface area (Å²) in [6.45, 7) is 2.82. The van der Waals surface area contributed by atoms with E-state index in [1.54, 1.807) is 0 Å². The maximum Gasteiger partial charge on any atom is 0.130 e. The van der Waals surface area contributed by atoms with Crippen molar-refractivity contribution in [3.05, 3.63) is 16.9 Å². The molecule has 0 unspecified atom stereocenters. The Morgan fingerprint density at radius 1 is 1.47 bits per heavy atom. The van der Waals surface area contributed by atoms with Crippen LogP contribution in [0.25, 0.3) is 0 Å². The molecule has 1 aliphatic rings. The molecular formula is C11H18ClN3. The quantitative estimate of drug-likeness (QED) is 0.844. The lowest BCUT2D eigenvalue weighted by atomic mass is 9.86. The topological polar surface area (TPSA) is 43.8 Å². The zero-order valence-electron chi connectivity index (χ0n) is 9.12. The summed E-state index contributed by atoms with van der Waals surface area (Å²) in [6.07, 6.45) is 6.57. The van der Waals surface area contributed by atoms with E-state index >= 15 is 0 Å². The molecule has 15 heavy (non-hydrogen) atoms. The van der Waals surface area contributed by atoms with E-state index in [2.05, 4.69) is 5.10 Å². The molecule has 1 aromatic rings. The summed E-state index contributed by atoms with van der Waals surface area (Å²) in [4.78, 5) is 0. The molecule has 0 aliphatic heterocycles. The first-order chi connectivity index (χ1) is 7.22.